The summed E-state index contributed by atoms with van der Waals surface area (Å²) in [6.45, 7) is 1.18. The van der Waals surface area contributed by atoms with Crippen molar-refractivity contribution in [2.45, 2.75) is 28.9 Å². The second-order valence-electron chi connectivity index (χ2n) is 6.10. The topological polar surface area (TPSA) is 81.4 Å². The van der Waals surface area contributed by atoms with Gasteiger partial charge in [-0.2, -0.15) is 4.98 Å². The van der Waals surface area contributed by atoms with Gasteiger partial charge in [-0.05, 0) is 48.6 Å². The van der Waals surface area contributed by atoms with Gasteiger partial charge in [0, 0.05) is 18.2 Å². The van der Waals surface area contributed by atoms with Crippen molar-refractivity contribution >= 4 is 38.7 Å². The van der Waals surface area contributed by atoms with Gasteiger partial charge in [0.15, 0.2) is 0 Å². The highest BCUT2D eigenvalue weighted by Crippen LogP contribution is 2.34. The van der Waals surface area contributed by atoms with Gasteiger partial charge in [-0.3, -0.25) is 0 Å². The van der Waals surface area contributed by atoms with Crippen molar-refractivity contribution in [2.75, 3.05) is 18.5 Å². The highest BCUT2D eigenvalue weighted by molar-refractivity contribution is 7.91. The second kappa shape index (κ2) is 7.63. The smallest absolute Gasteiger partial charge is 0.240 e. The van der Waals surface area contributed by atoms with Crippen molar-refractivity contribution in [3.05, 3.63) is 46.8 Å². The third-order valence-corrected chi connectivity index (χ3v) is 7.01. The molecule has 0 saturated carbocycles. The first-order chi connectivity index (χ1) is 13.0. The highest BCUT2D eigenvalue weighted by atomic mass is 35.5. The van der Waals surface area contributed by atoms with Gasteiger partial charge < -0.3 is 14.5 Å². The summed E-state index contributed by atoms with van der Waals surface area (Å²) < 4.78 is 37.6. The summed E-state index contributed by atoms with van der Waals surface area (Å²) in [4.78, 5) is 5.15. The maximum Gasteiger partial charge on any atom is 0.240 e. The molecule has 1 N–H and O–H groups in total. The summed E-state index contributed by atoms with van der Waals surface area (Å²) in [5.74, 6) is 0.399. The Kier molecular flexibility index (Phi) is 5.23. The molecule has 1 unspecified atom stereocenters. The van der Waals surface area contributed by atoms with E-state index < -0.39 is 9.84 Å². The summed E-state index contributed by atoms with van der Waals surface area (Å²) in [6, 6.07) is 9.68. The number of aromatic nitrogens is 1. The summed E-state index contributed by atoms with van der Waals surface area (Å²) in [6.07, 6.45) is 1.96. The van der Waals surface area contributed by atoms with Gasteiger partial charge in [0.1, 0.15) is 0 Å². The first-order valence-corrected chi connectivity index (χ1v) is 11.2. The number of anilines is 1. The standard InChI is InChI=1S/C18H17ClN2O4S2/c19-12-5-7-14(8-6-12)27(22,23)18-17(20-11-13-3-1-9-24-13)25-16(21-18)15-4-2-10-26-15/h2,4-8,10,13,20H,1,3,9,11H2. The number of ether oxygens (including phenoxy) is 1. The fourth-order valence-corrected chi connectivity index (χ4v) is 4.90. The molecule has 9 heteroatoms. The number of nitrogens with zero attached hydrogens (tertiary/aromatic N) is 1. The zero-order valence-electron chi connectivity index (χ0n) is 14.2. The van der Waals surface area contributed by atoms with E-state index in [2.05, 4.69) is 10.3 Å². The molecule has 27 heavy (non-hydrogen) atoms. The van der Waals surface area contributed by atoms with Crippen LogP contribution in [0.2, 0.25) is 5.02 Å². The van der Waals surface area contributed by atoms with E-state index in [0.29, 0.717) is 11.6 Å². The van der Waals surface area contributed by atoms with Crippen LogP contribution in [0.5, 0.6) is 0 Å². The Morgan fingerprint density at radius 1 is 1.26 bits per heavy atom. The molecular formula is C18H17ClN2O4S2. The van der Waals surface area contributed by atoms with E-state index >= 15 is 0 Å². The van der Waals surface area contributed by atoms with Crippen molar-refractivity contribution in [3.63, 3.8) is 0 Å². The number of rotatable bonds is 6. The molecule has 1 fully saturated rings. The minimum absolute atomic E-state index is 0.0337. The molecule has 2 aromatic heterocycles. The molecule has 1 atom stereocenters. The Morgan fingerprint density at radius 2 is 2.07 bits per heavy atom. The molecule has 0 amide bonds. The molecule has 1 saturated heterocycles. The minimum atomic E-state index is -3.86. The molecular weight excluding hydrogens is 408 g/mol. The Balaban J connectivity index is 1.71. The van der Waals surface area contributed by atoms with Crippen LogP contribution in [0.4, 0.5) is 5.88 Å². The number of oxazole rings is 1. The fraction of sp³-hybridized carbons (Fsp3) is 0.278. The van der Waals surface area contributed by atoms with Crippen LogP contribution in [0, 0.1) is 0 Å². The van der Waals surface area contributed by atoms with Gasteiger partial charge >= 0.3 is 0 Å². The van der Waals surface area contributed by atoms with E-state index in [1.54, 1.807) is 0 Å². The maximum absolute atomic E-state index is 13.1. The van der Waals surface area contributed by atoms with Crippen LogP contribution in [-0.2, 0) is 14.6 Å². The quantitative estimate of drug-likeness (QED) is 0.628. The number of hydrogen-bond acceptors (Lipinski definition) is 7. The minimum Gasteiger partial charge on any atom is -0.418 e. The van der Waals surface area contributed by atoms with Gasteiger partial charge in [-0.1, -0.05) is 17.7 Å². The van der Waals surface area contributed by atoms with Crippen LogP contribution >= 0.6 is 22.9 Å². The van der Waals surface area contributed by atoms with Crippen molar-refractivity contribution in [2.24, 2.45) is 0 Å². The van der Waals surface area contributed by atoms with Gasteiger partial charge in [-0.15, -0.1) is 11.3 Å². The lowest BCUT2D eigenvalue weighted by molar-refractivity contribution is 0.120. The van der Waals surface area contributed by atoms with E-state index in [4.69, 9.17) is 20.8 Å². The van der Waals surface area contributed by atoms with Crippen molar-refractivity contribution in [1.29, 1.82) is 0 Å². The van der Waals surface area contributed by atoms with Crippen LogP contribution < -0.4 is 5.32 Å². The summed E-state index contributed by atoms with van der Waals surface area (Å²) in [5, 5.41) is 5.28. The average molecular weight is 425 g/mol. The molecule has 0 bridgehead atoms. The predicted molar refractivity (Wildman–Crippen MR) is 104 cm³/mol. The Bertz CT molecular complexity index is 1010. The van der Waals surface area contributed by atoms with Crippen LogP contribution in [0.3, 0.4) is 0 Å². The van der Waals surface area contributed by atoms with Crippen molar-refractivity contribution in [3.8, 4) is 10.8 Å². The number of halogens is 1. The molecule has 142 valence electrons. The van der Waals surface area contributed by atoms with Gasteiger partial charge in [-0.25, -0.2) is 8.42 Å². The molecule has 6 nitrogen and oxygen atoms in total. The van der Waals surface area contributed by atoms with Gasteiger partial charge in [0.05, 0.1) is 15.9 Å². The molecule has 4 rings (SSSR count). The third-order valence-electron chi connectivity index (χ3n) is 4.22. The lowest BCUT2D eigenvalue weighted by atomic mass is 10.2. The van der Waals surface area contributed by atoms with E-state index in [9.17, 15) is 8.42 Å². The molecule has 0 radical (unpaired) electrons. The van der Waals surface area contributed by atoms with E-state index in [-0.39, 0.29) is 27.8 Å². The lowest BCUT2D eigenvalue weighted by Gasteiger charge is -2.10. The first-order valence-electron chi connectivity index (χ1n) is 8.45. The fourth-order valence-electron chi connectivity index (χ4n) is 2.84. The van der Waals surface area contributed by atoms with E-state index in [0.717, 1.165) is 24.3 Å². The SMILES string of the molecule is O=S(=O)(c1ccc(Cl)cc1)c1nc(-c2cccs2)oc1NCC1CCCO1. The maximum atomic E-state index is 13.1. The highest BCUT2D eigenvalue weighted by Gasteiger charge is 2.29. The number of benzene rings is 1. The normalized spacial score (nSPS) is 17.3. The largest absolute Gasteiger partial charge is 0.418 e. The monoisotopic (exact) mass is 424 g/mol. The molecule has 1 aromatic carbocycles. The van der Waals surface area contributed by atoms with Crippen LogP contribution in [0.15, 0.2) is 56.1 Å². The Hall–Kier alpha value is -1.87. The van der Waals surface area contributed by atoms with E-state index in [1.165, 1.54) is 35.6 Å². The number of hydrogen-bond donors (Lipinski definition) is 1. The second-order valence-corrected chi connectivity index (χ2v) is 9.35. The molecule has 3 heterocycles. The Morgan fingerprint density at radius 3 is 2.74 bits per heavy atom. The van der Waals surface area contributed by atoms with Crippen LogP contribution in [0.25, 0.3) is 10.8 Å². The summed E-state index contributed by atoms with van der Waals surface area (Å²) in [7, 11) is -3.86. The molecule has 3 aromatic rings. The lowest BCUT2D eigenvalue weighted by Crippen LogP contribution is -2.19. The van der Waals surface area contributed by atoms with E-state index in [1.807, 2.05) is 17.5 Å². The molecule has 0 spiro atoms. The van der Waals surface area contributed by atoms with Crippen molar-refractivity contribution in [1.82, 2.24) is 4.98 Å². The first kappa shape index (κ1) is 18.5. The molecule has 0 aliphatic carbocycles. The van der Waals surface area contributed by atoms with Gasteiger partial charge in [0.25, 0.3) is 0 Å². The predicted octanol–water partition coefficient (Wildman–Crippen LogP) is 4.48. The van der Waals surface area contributed by atoms with Crippen LogP contribution in [0.1, 0.15) is 12.8 Å². The zero-order chi connectivity index (χ0) is 18.9. The number of sulfone groups is 1. The average Bonchev–Trinajstić information content (AvgIpc) is 3.40. The van der Waals surface area contributed by atoms with Crippen molar-refractivity contribution < 1.29 is 17.6 Å². The summed E-state index contributed by atoms with van der Waals surface area (Å²) >= 11 is 7.31. The number of thiophene rings is 1. The van der Waals surface area contributed by atoms with Crippen LogP contribution in [-0.4, -0.2) is 32.7 Å². The van der Waals surface area contributed by atoms with Gasteiger partial charge in [0.2, 0.25) is 26.6 Å². The molecule has 1 aliphatic rings. The third kappa shape index (κ3) is 3.89. The zero-order valence-corrected chi connectivity index (χ0v) is 16.6. The number of nitrogens with one attached hydrogen (secondary N) is 1. The summed E-state index contributed by atoms with van der Waals surface area (Å²) in [5.41, 5.74) is 0. The molecule has 1 aliphatic heterocycles. The Labute approximate surface area is 166 Å².